The summed E-state index contributed by atoms with van der Waals surface area (Å²) in [5, 5.41) is 0.643. The van der Waals surface area contributed by atoms with E-state index in [-0.39, 0.29) is 35.1 Å². The van der Waals surface area contributed by atoms with Crippen molar-refractivity contribution in [2.45, 2.75) is 70.6 Å². The number of fused-ring (bicyclic) bond motifs is 3. The van der Waals surface area contributed by atoms with Crippen molar-refractivity contribution in [2.24, 2.45) is 5.41 Å². The molecule has 8 nitrogen and oxygen atoms in total. The molecule has 3 fully saturated rings. The molecule has 1 amide bonds. The van der Waals surface area contributed by atoms with Gasteiger partial charge in [0.1, 0.15) is 16.9 Å². The SMILES string of the molecule is CN(C)CC1(COc2nc(N3CC[C@@H]4CCC(C3)N4C(=O)OC(C)(C)C)c3ccc(Br)c(F)c3n2)CC1. The predicted molar refractivity (Wildman–Crippen MR) is 145 cm³/mol. The summed E-state index contributed by atoms with van der Waals surface area (Å²) in [7, 11) is 4.12. The van der Waals surface area contributed by atoms with Gasteiger partial charge in [0.15, 0.2) is 5.82 Å². The van der Waals surface area contributed by atoms with E-state index < -0.39 is 11.4 Å². The highest BCUT2D eigenvalue weighted by molar-refractivity contribution is 9.10. The van der Waals surface area contributed by atoms with Gasteiger partial charge in [-0.3, -0.25) is 0 Å². The van der Waals surface area contributed by atoms with E-state index in [2.05, 4.69) is 44.8 Å². The van der Waals surface area contributed by atoms with Crippen LogP contribution in [0.4, 0.5) is 15.0 Å². The Labute approximate surface area is 226 Å². The Hall–Kier alpha value is -2.20. The first-order chi connectivity index (χ1) is 17.4. The van der Waals surface area contributed by atoms with E-state index >= 15 is 4.39 Å². The van der Waals surface area contributed by atoms with Crippen LogP contribution >= 0.6 is 15.9 Å². The Bertz CT molecular complexity index is 1180. The summed E-state index contributed by atoms with van der Waals surface area (Å²) in [6.45, 7) is 8.41. The van der Waals surface area contributed by atoms with Gasteiger partial charge < -0.3 is 24.2 Å². The lowest BCUT2D eigenvalue weighted by molar-refractivity contribution is 0.0163. The van der Waals surface area contributed by atoms with Gasteiger partial charge in [-0.05, 0) is 95.0 Å². The van der Waals surface area contributed by atoms with E-state index in [1.165, 1.54) is 0 Å². The van der Waals surface area contributed by atoms with Gasteiger partial charge in [-0.25, -0.2) is 9.18 Å². The first-order valence-corrected chi connectivity index (χ1v) is 13.9. The van der Waals surface area contributed by atoms with Crippen molar-refractivity contribution in [2.75, 3.05) is 45.2 Å². The minimum Gasteiger partial charge on any atom is -0.463 e. The average Bonchev–Trinajstić information content (AvgIpc) is 3.47. The fourth-order valence-corrected chi connectivity index (χ4v) is 6.02. The van der Waals surface area contributed by atoms with Crippen LogP contribution in [0.3, 0.4) is 0 Å². The summed E-state index contributed by atoms with van der Waals surface area (Å²) in [5.41, 5.74) is -0.202. The number of carbonyl (C=O) groups excluding carboxylic acids is 1. The molecular formula is C27H37BrFN5O3. The number of benzene rings is 1. The first-order valence-electron chi connectivity index (χ1n) is 13.1. The molecule has 2 atom stereocenters. The number of rotatable bonds is 6. The smallest absolute Gasteiger partial charge is 0.410 e. The zero-order valence-corrected chi connectivity index (χ0v) is 24.0. The van der Waals surface area contributed by atoms with E-state index in [0.717, 1.165) is 38.6 Å². The molecule has 2 bridgehead atoms. The largest absolute Gasteiger partial charge is 0.463 e. The van der Waals surface area contributed by atoms with Crippen LogP contribution < -0.4 is 9.64 Å². The molecule has 0 radical (unpaired) electrons. The normalized spacial score (nSPS) is 22.9. The standard InChI is InChI=1S/C27H37BrFN5O3/c1-26(2,3)37-25(35)34-17-6-7-18(34)14-33(13-10-17)23-19-8-9-20(28)21(29)22(19)30-24(31-23)36-16-27(11-12-27)15-32(4)5/h8-9,17-18H,6-7,10-16H2,1-5H3/t17-,18?/m0/s1. The molecule has 37 heavy (non-hydrogen) atoms. The molecule has 1 aromatic carbocycles. The lowest BCUT2D eigenvalue weighted by atomic mass is 10.1. The summed E-state index contributed by atoms with van der Waals surface area (Å²) in [6.07, 6.45) is 4.60. The third-order valence-electron chi connectivity index (χ3n) is 7.52. The van der Waals surface area contributed by atoms with E-state index in [1.807, 2.05) is 31.7 Å². The average molecular weight is 579 g/mol. The Kier molecular flexibility index (Phi) is 7.02. The highest BCUT2D eigenvalue weighted by Crippen LogP contribution is 2.46. The second-order valence-electron chi connectivity index (χ2n) is 12.1. The predicted octanol–water partition coefficient (Wildman–Crippen LogP) is 5.23. The van der Waals surface area contributed by atoms with Gasteiger partial charge in [0.2, 0.25) is 0 Å². The highest BCUT2D eigenvalue weighted by Gasteiger charge is 2.45. The van der Waals surface area contributed by atoms with Gasteiger partial charge in [0, 0.05) is 36.5 Å². The molecule has 1 unspecified atom stereocenters. The van der Waals surface area contributed by atoms with Crippen molar-refractivity contribution >= 4 is 38.7 Å². The fourth-order valence-electron chi connectivity index (χ4n) is 5.70. The second kappa shape index (κ2) is 9.84. The van der Waals surface area contributed by atoms with Gasteiger partial charge in [-0.15, -0.1) is 0 Å². The van der Waals surface area contributed by atoms with Crippen molar-refractivity contribution in [1.82, 2.24) is 19.8 Å². The van der Waals surface area contributed by atoms with Crippen molar-refractivity contribution in [3.63, 3.8) is 0 Å². The van der Waals surface area contributed by atoms with E-state index in [9.17, 15) is 4.79 Å². The number of halogens is 2. The van der Waals surface area contributed by atoms with Crippen molar-refractivity contribution in [3.05, 3.63) is 22.4 Å². The quantitative estimate of drug-likeness (QED) is 0.465. The van der Waals surface area contributed by atoms with E-state index in [4.69, 9.17) is 14.5 Å². The number of anilines is 1. The monoisotopic (exact) mass is 577 g/mol. The van der Waals surface area contributed by atoms with Crippen LogP contribution in [-0.2, 0) is 4.74 Å². The van der Waals surface area contributed by atoms with Crippen molar-refractivity contribution < 1.29 is 18.7 Å². The van der Waals surface area contributed by atoms with Crippen LogP contribution in [-0.4, -0.2) is 83.9 Å². The Morgan fingerprint density at radius 3 is 2.59 bits per heavy atom. The van der Waals surface area contributed by atoms with Gasteiger partial charge in [-0.1, -0.05) is 0 Å². The van der Waals surface area contributed by atoms with Crippen LogP contribution in [0, 0.1) is 11.2 Å². The topological polar surface area (TPSA) is 71.0 Å². The third-order valence-corrected chi connectivity index (χ3v) is 8.13. The molecule has 0 N–H and O–H groups in total. The van der Waals surface area contributed by atoms with Crippen LogP contribution in [0.5, 0.6) is 6.01 Å². The molecular weight excluding hydrogens is 541 g/mol. The minimum atomic E-state index is -0.548. The molecule has 3 heterocycles. The number of hydrogen-bond donors (Lipinski definition) is 0. The molecule has 1 aromatic heterocycles. The Balaban J connectivity index is 1.44. The number of amides is 1. The lowest BCUT2D eigenvalue weighted by Crippen LogP contribution is -2.45. The minimum absolute atomic E-state index is 0.00635. The Morgan fingerprint density at radius 1 is 1.19 bits per heavy atom. The third kappa shape index (κ3) is 5.65. The first kappa shape index (κ1) is 26.4. The zero-order chi connectivity index (χ0) is 26.5. The van der Waals surface area contributed by atoms with Crippen LogP contribution in [0.25, 0.3) is 10.9 Å². The van der Waals surface area contributed by atoms with Crippen molar-refractivity contribution in [1.29, 1.82) is 0 Å². The van der Waals surface area contributed by atoms with Crippen LogP contribution in [0.15, 0.2) is 16.6 Å². The van der Waals surface area contributed by atoms with Gasteiger partial charge in [0.05, 0.1) is 17.1 Å². The Morgan fingerprint density at radius 2 is 1.92 bits per heavy atom. The number of carbonyl (C=O) groups is 1. The maximum absolute atomic E-state index is 15.3. The summed E-state index contributed by atoms with van der Waals surface area (Å²) >= 11 is 3.30. The molecule has 2 saturated heterocycles. The van der Waals surface area contributed by atoms with E-state index in [1.54, 1.807) is 6.07 Å². The molecule has 2 aliphatic heterocycles. The fraction of sp³-hybridized carbons (Fsp3) is 0.667. The second-order valence-corrected chi connectivity index (χ2v) is 13.0. The van der Waals surface area contributed by atoms with E-state index in [0.29, 0.717) is 35.4 Å². The van der Waals surface area contributed by atoms with Gasteiger partial charge in [-0.2, -0.15) is 9.97 Å². The molecule has 3 aliphatic rings. The maximum Gasteiger partial charge on any atom is 0.410 e. The molecule has 10 heteroatoms. The number of aromatic nitrogens is 2. The van der Waals surface area contributed by atoms with Crippen LogP contribution in [0.1, 0.15) is 52.9 Å². The summed E-state index contributed by atoms with van der Waals surface area (Å²) < 4.78 is 27.5. The molecule has 1 aliphatic carbocycles. The number of hydrogen-bond acceptors (Lipinski definition) is 7. The number of nitrogens with zero attached hydrogens (tertiary/aromatic N) is 5. The zero-order valence-electron chi connectivity index (χ0n) is 22.4. The number of ether oxygens (including phenoxy) is 2. The van der Waals surface area contributed by atoms with Crippen LogP contribution in [0.2, 0.25) is 0 Å². The van der Waals surface area contributed by atoms with Gasteiger partial charge in [0.25, 0.3) is 0 Å². The lowest BCUT2D eigenvalue weighted by Gasteiger charge is -2.31. The summed E-state index contributed by atoms with van der Waals surface area (Å²) in [6, 6.07) is 3.87. The molecule has 0 spiro atoms. The highest BCUT2D eigenvalue weighted by atomic mass is 79.9. The molecule has 5 rings (SSSR count). The molecule has 202 valence electrons. The van der Waals surface area contributed by atoms with Gasteiger partial charge >= 0.3 is 12.1 Å². The molecule has 1 saturated carbocycles. The van der Waals surface area contributed by atoms with Crippen molar-refractivity contribution in [3.8, 4) is 6.01 Å². The summed E-state index contributed by atoms with van der Waals surface area (Å²) in [5.74, 6) is 0.229. The molecule has 2 aromatic rings. The maximum atomic E-state index is 15.3. The summed E-state index contributed by atoms with van der Waals surface area (Å²) in [4.78, 5) is 28.6.